The summed E-state index contributed by atoms with van der Waals surface area (Å²) >= 11 is 4.84. The predicted octanol–water partition coefficient (Wildman–Crippen LogP) is 0.239. The van der Waals surface area contributed by atoms with E-state index in [0.29, 0.717) is 0 Å². The van der Waals surface area contributed by atoms with Crippen LogP contribution in [0.25, 0.3) is 0 Å². The molecular formula is C6H9NO2S. The quantitative estimate of drug-likeness (QED) is 0.439. The zero-order valence-electron chi connectivity index (χ0n) is 5.72. The van der Waals surface area contributed by atoms with Gasteiger partial charge in [-0.2, -0.15) is 0 Å². The summed E-state index contributed by atoms with van der Waals surface area (Å²) in [6.45, 7) is 0. The summed E-state index contributed by atoms with van der Waals surface area (Å²) in [5, 5.41) is 2.86. The number of ether oxygens (including phenoxy) is 1. The van der Waals surface area contributed by atoms with E-state index in [9.17, 15) is 4.79 Å². The second-order valence-corrected chi connectivity index (χ2v) is 2.67. The van der Waals surface area contributed by atoms with Crippen molar-refractivity contribution in [2.24, 2.45) is 0 Å². The molecule has 1 saturated heterocycles. The van der Waals surface area contributed by atoms with Gasteiger partial charge in [-0.3, -0.25) is 0 Å². The molecular weight excluding hydrogens is 150 g/mol. The molecule has 1 heterocycles. The number of esters is 1. The topological polar surface area (TPSA) is 38.3 Å². The summed E-state index contributed by atoms with van der Waals surface area (Å²) in [5.41, 5.74) is 0. The fourth-order valence-electron chi connectivity index (χ4n) is 0.933. The number of methoxy groups -OCH3 is 1. The number of rotatable bonds is 1. The van der Waals surface area contributed by atoms with E-state index in [1.165, 1.54) is 7.11 Å². The number of carbonyl (C=O) groups excluding carboxylic acids is 1. The van der Waals surface area contributed by atoms with E-state index in [1.54, 1.807) is 0 Å². The summed E-state index contributed by atoms with van der Waals surface area (Å²) in [5.74, 6) is -0.222. The fourth-order valence-corrected chi connectivity index (χ4v) is 1.19. The third-order valence-corrected chi connectivity index (χ3v) is 1.80. The van der Waals surface area contributed by atoms with E-state index >= 15 is 0 Å². The summed E-state index contributed by atoms with van der Waals surface area (Å²) in [4.78, 5) is 11.6. The minimum atomic E-state index is -0.222. The van der Waals surface area contributed by atoms with Crippen molar-refractivity contribution in [2.75, 3.05) is 7.11 Å². The monoisotopic (exact) mass is 159 g/mol. The molecule has 0 aliphatic carbocycles. The predicted molar refractivity (Wildman–Crippen MR) is 40.8 cm³/mol. The van der Waals surface area contributed by atoms with Crippen LogP contribution in [0, 0.1) is 0 Å². The van der Waals surface area contributed by atoms with E-state index < -0.39 is 0 Å². The highest BCUT2D eigenvalue weighted by molar-refractivity contribution is 7.80. The van der Waals surface area contributed by atoms with E-state index in [4.69, 9.17) is 12.2 Å². The molecule has 0 spiro atoms. The second-order valence-electron chi connectivity index (χ2n) is 2.18. The Kier molecular flexibility index (Phi) is 2.21. The van der Waals surface area contributed by atoms with Crippen molar-refractivity contribution in [1.29, 1.82) is 0 Å². The molecule has 56 valence electrons. The SMILES string of the molecule is COC(=O)[C@H]1CCC(=S)N1. The molecule has 1 aliphatic rings. The first kappa shape index (κ1) is 7.47. The Hall–Kier alpha value is -0.640. The first-order valence-electron chi connectivity index (χ1n) is 3.11. The maximum atomic E-state index is 10.8. The van der Waals surface area contributed by atoms with Crippen LogP contribution in [0.4, 0.5) is 0 Å². The van der Waals surface area contributed by atoms with Gasteiger partial charge >= 0.3 is 5.97 Å². The molecule has 1 N–H and O–H groups in total. The van der Waals surface area contributed by atoms with Gasteiger partial charge in [-0.1, -0.05) is 12.2 Å². The van der Waals surface area contributed by atoms with Gasteiger partial charge in [-0.15, -0.1) is 0 Å². The minimum Gasteiger partial charge on any atom is -0.467 e. The minimum absolute atomic E-state index is 0.197. The highest BCUT2D eigenvalue weighted by Crippen LogP contribution is 2.08. The van der Waals surface area contributed by atoms with E-state index in [0.717, 1.165) is 17.8 Å². The molecule has 4 heteroatoms. The van der Waals surface area contributed by atoms with Crippen LogP contribution in [0.5, 0.6) is 0 Å². The van der Waals surface area contributed by atoms with Crippen molar-refractivity contribution in [3.8, 4) is 0 Å². The zero-order valence-corrected chi connectivity index (χ0v) is 6.53. The number of nitrogens with one attached hydrogen (secondary N) is 1. The van der Waals surface area contributed by atoms with E-state index in [1.807, 2.05) is 0 Å². The molecule has 0 bridgehead atoms. The summed E-state index contributed by atoms with van der Waals surface area (Å²) in [6.07, 6.45) is 1.57. The van der Waals surface area contributed by atoms with Crippen LogP contribution in [0.2, 0.25) is 0 Å². The first-order valence-corrected chi connectivity index (χ1v) is 3.52. The van der Waals surface area contributed by atoms with Crippen molar-refractivity contribution in [2.45, 2.75) is 18.9 Å². The number of carbonyl (C=O) groups is 1. The lowest BCUT2D eigenvalue weighted by atomic mass is 10.2. The van der Waals surface area contributed by atoms with Crippen LogP contribution in [-0.4, -0.2) is 24.1 Å². The van der Waals surface area contributed by atoms with Gasteiger partial charge in [0.15, 0.2) is 0 Å². The Morgan fingerprint density at radius 2 is 2.60 bits per heavy atom. The molecule has 0 aromatic rings. The molecule has 1 atom stereocenters. The fraction of sp³-hybridized carbons (Fsp3) is 0.667. The molecule has 0 unspecified atom stereocenters. The molecule has 10 heavy (non-hydrogen) atoms. The Bertz CT molecular complexity index is 169. The molecule has 1 rings (SSSR count). The Morgan fingerprint density at radius 3 is 3.00 bits per heavy atom. The lowest BCUT2D eigenvalue weighted by molar-refractivity contribution is -0.142. The summed E-state index contributed by atoms with van der Waals surface area (Å²) in [7, 11) is 1.38. The molecule has 0 aromatic heterocycles. The maximum Gasteiger partial charge on any atom is 0.328 e. The van der Waals surface area contributed by atoms with Crippen molar-refractivity contribution in [3.05, 3.63) is 0 Å². The van der Waals surface area contributed by atoms with Gasteiger partial charge in [-0.25, -0.2) is 4.79 Å². The van der Waals surface area contributed by atoms with Crippen molar-refractivity contribution in [3.63, 3.8) is 0 Å². The van der Waals surface area contributed by atoms with Gasteiger partial charge in [-0.05, 0) is 6.42 Å². The van der Waals surface area contributed by atoms with Crippen molar-refractivity contribution in [1.82, 2.24) is 5.32 Å². The molecule has 0 saturated carbocycles. The highest BCUT2D eigenvalue weighted by Gasteiger charge is 2.25. The second kappa shape index (κ2) is 2.96. The maximum absolute atomic E-state index is 10.8. The van der Waals surface area contributed by atoms with E-state index in [2.05, 4.69) is 10.1 Å². The summed E-state index contributed by atoms with van der Waals surface area (Å²) in [6, 6.07) is -0.197. The standard InChI is InChI=1S/C6H9NO2S/c1-9-6(8)4-2-3-5(10)7-4/h4H,2-3H2,1H3,(H,7,10)/t4-/m1/s1. The van der Waals surface area contributed by atoms with Crippen LogP contribution in [0.15, 0.2) is 0 Å². The number of hydrogen-bond donors (Lipinski definition) is 1. The van der Waals surface area contributed by atoms with Gasteiger partial charge in [0.25, 0.3) is 0 Å². The lowest BCUT2D eigenvalue weighted by Gasteiger charge is -2.05. The summed E-state index contributed by atoms with van der Waals surface area (Å²) < 4.78 is 4.52. The smallest absolute Gasteiger partial charge is 0.328 e. The van der Waals surface area contributed by atoms with Gasteiger partial charge < -0.3 is 10.1 Å². The van der Waals surface area contributed by atoms with Gasteiger partial charge in [0, 0.05) is 6.42 Å². The Balaban J connectivity index is 2.44. The van der Waals surface area contributed by atoms with Crippen LogP contribution in [0.1, 0.15) is 12.8 Å². The molecule has 0 amide bonds. The van der Waals surface area contributed by atoms with Crippen molar-refractivity contribution < 1.29 is 9.53 Å². The molecule has 1 aliphatic heterocycles. The number of thiocarbonyl (C=S) groups is 1. The zero-order chi connectivity index (χ0) is 7.56. The number of hydrogen-bond acceptors (Lipinski definition) is 3. The van der Waals surface area contributed by atoms with E-state index in [-0.39, 0.29) is 12.0 Å². The third-order valence-electron chi connectivity index (χ3n) is 1.48. The Labute approximate surface area is 64.7 Å². The molecule has 1 fully saturated rings. The average Bonchev–Trinajstić information content (AvgIpc) is 2.34. The lowest BCUT2D eigenvalue weighted by Crippen LogP contribution is -2.33. The third kappa shape index (κ3) is 1.44. The molecule has 3 nitrogen and oxygen atoms in total. The van der Waals surface area contributed by atoms with Gasteiger partial charge in [0.1, 0.15) is 6.04 Å². The van der Waals surface area contributed by atoms with Gasteiger partial charge in [0.05, 0.1) is 12.1 Å². The van der Waals surface area contributed by atoms with Crippen LogP contribution >= 0.6 is 12.2 Å². The van der Waals surface area contributed by atoms with Crippen LogP contribution < -0.4 is 5.32 Å². The van der Waals surface area contributed by atoms with Crippen molar-refractivity contribution >= 4 is 23.2 Å². The first-order chi connectivity index (χ1) is 4.74. The van der Waals surface area contributed by atoms with Crippen LogP contribution in [0.3, 0.4) is 0 Å². The van der Waals surface area contributed by atoms with Gasteiger partial charge in [0.2, 0.25) is 0 Å². The normalized spacial score (nSPS) is 24.1. The Morgan fingerprint density at radius 1 is 1.90 bits per heavy atom. The van der Waals surface area contributed by atoms with Crippen LogP contribution in [-0.2, 0) is 9.53 Å². The molecule has 0 aromatic carbocycles. The molecule has 0 radical (unpaired) electrons. The largest absolute Gasteiger partial charge is 0.467 e. The average molecular weight is 159 g/mol. The highest BCUT2D eigenvalue weighted by atomic mass is 32.1.